The molecule has 1 aliphatic heterocycles. The van der Waals surface area contributed by atoms with Crippen molar-refractivity contribution in [2.45, 2.75) is 6.10 Å². The Bertz CT molecular complexity index is 317. The number of hydrogen-bond donors (Lipinski definition) is 0. The first-order valence-electron chi connectivity index (χ1n) is 4.94. The molecule has 0 radical (unpaired) electrons. The smallest absolute Gasteiger partial charge is 0.127 e. The van der Waals surface area contributed by atoms with E-state index in [9.17, 15) is 0 Å². The van der Waals surface area contributed by atoms with E-state index >= 15 is 0 Å². The highest BCUT2D eigenvalue weighted by Gasteiger charge is 2.22. The summed E-state index contributed by atoms with van der Waals surface area (Å²) in [6, 6.07) is 9.55. The van der Waals surface area contributed by atoms with Crippen LogP contribution in [0.5, 0.6) is 5.75 Å². The second-order valence-corrected chi connectivity index (χ2v) is 3.42. The molecule has 1 saturated heterocycles. The lowest BCUT2D eigenvalue weighted by atomic mass is 10.3. The summed E-state index contributed by atoms with van der Waals surface area (Å²) < 4.78 is 15.8. The zero-order valence-corrected chi connectivity index (χ0v) is 8.52. The highest BCUT2D eigenvalue weighted by Crippen LogP contribution is 2.13. The fourth-order valence-electron chi connectivity index (χ4n) is 1.15. The van der Waals surface area contributed by atoms with Crippen molar-refractivity contribution in [3.63, 3.8) is 0 Å². The van der Waals surface area contributed by atoms with E-state index in [4.69, 9.17) is 14.2 Å². The Hall–Kier alpha value is -1.32. The maximum atomic E-state index is 5.46. The third-order valence-electron chi connectivity index (χ3n) is 1.97. The average molecular weight is 206 g/mol. The second-order valence-electron chi connectivity index (χ2n) is 3.42. The van der Waals surface area contributed by atoms with Crippen LogP contribution in [-0.4, -0.2) is 25.9 Å². The molecule has 1 aromatic rings. The monoisotopic (exact) mass is 206 g/mol. The minimum absolute atomic E-state index is 0.287. The SMILES string of the molecule is C=C(COCC1CO1)Oc1ccccc1. The minimum atomic E-state index is 0.287. The third-order valence-corrected chi connectivity index (χ3v) is 1.97. The lowest BCUT2D eigenvalue weighted by Gasteiger charge is -2.08. The van der Waals surface area contributed by atoms with Crippen LogP contribution >= 0.6 is 0 Å². The Kier molecular flexibility index (Phi) is 3.37. The molecule has 3 nitrogen and oxygen atoms in total. The van der Waals surface area contributed by atoms with Crippen LogP contribution in [-0.2, 0) is 9.47 Å². The Labute approximate surface area is 89.3 Å². The predicted molar refractivity (Wildman–Crippen MR) is 56.8 cm³/mol. The fourth-order valence-corrected chi connectivity index (χ4v) is 1.15. The van der Waals surface area contributed by atoms with Crippen molar-refractivity contribution < 1.29 is 14.2 Å². The van der Waals surface area contributed by atoms with Gasteiger partial charge in [0.25, 0.3) is 0 Å². The summed E-state index contributed by atoms with van der Waals surface area (Å²) in [6.45, 7) is 5.62. The standard InChI is InChI=1S/C12H14O3/c1-10(7-13-8-12-9-14-12)15-11-5-3-2-4-6-11/h2-6,12H,1,7-9H2. The molecule has 0 aromatic heterocycles. The Morgan fingerprint density at radius 3 is 2.80 bits per heavy atom. The number of para-hydroxylation sites is 1. The summed E-state index contributed by atoms with van der Waals surface area (Å²) in [4.78, 5) is 0. The van der Waals surface area contributed by atoms with Gasteiger partial charge in [-0.2, -0.15) is 0 Å². The van der Waals surface area contributed by atoms with Crippen molar-refractivity contribution >= 4 is 0 Å². The molecular formula is C12H14O3. The Morgan fingerprint density at radius 1 is 1.40 bits per heavy atom. The van der Waals surface area contributed by atoms with Gasteiger partial charge < -0.3 is 14.2 Å². The summed E-state index contributed by atoms with van der Waals surface area (Å²) in [7, 11) is 0. The van der Waals surface area contributed by atoms with Gasteiger partial charge in [0, 0.05) is 0 Å². The zero-order chi connectivity index (χ0) is 10.5. The van der Waals surface area contributed by atoms with Crippen LogP contribution in [0, 0.1) is 0 Å². The first-order chi connectivity index (χ1) is 7.34. The third kappa shape index (κ3) is 3.73. The van der Waals surface area contributed by atoms with E-state index in [2.05, 4.69) is 6.58 Å². The van der Waals surface area contributed by atoms with Gasteiger partial charge in [-0.15, -0.1) is 0 Å². The highest BCUT2D eigenvalue weighted by atomic mass is 16.6. The van der Waals surface area contributed by atoms with E-state index in [1.165, 1.54) is 0 Å². The number of rotatable bonds is 6. The molecule has 1 fully saturated rings. The molecule has 0 aliphatic carbocycles. The first-order valence-corrected chi connectivity index (χ1v) is 4.94. The molecule has 1 unspecified atom stereocenters. The van der Waals surface area contributed by atoms with E-state index in [0.717, 1.165) is 12.4 Å². The zero-order valence-electron chi connectivity index (χ0n) is 8.52. The van der Waals surface area contributed by atoms with Gasteiger partial charge in [-0.1, -0.05) is 24.8 Å². The molecular weight excluding hydrogens is 192 g/mol. The van der Waals surface area contributed by atoms with Gasteiger partial charge >= 0.3 is 0 Å². The molecule has 1 heterocycles. The molecule has 1 atom stereocenters. The van der Waals surface area contributed by atoms with Gasteiger partial charge in [0.15, 0.2) is 0 Å². The molecule has 0 N–H and O–H groups in total. The highest BCUT2D eigenvalue weighted by molar-refractivity contribution is 5.22. The van der Waals surface area contributed by atoms with Gasteiger partial charge in [-0.3, -0.25) is 0 Å². The maximum absolute atomic E-state index is 5.46. The maximum Gasteiger partial charge on any atom is 0.127 e. The van der Waals surface area contributed by atoms with Crippen LogP contribution in [0.4, 0.5) is 0 Å². The summed E-state index contributed by atoms with van der Waals surface area (Å²) in [5.41, 5.74) is 0. The molecule has 3 heteroatoms. The average Bonchev–Trinajstić information content (AvgIpc) is 3.03. The summed E-state index contributed by atoms with van der Waals surface area (Å²) in [5, 5.41) is 0. The van der Waals surface area contributed by atoms with Crippen LogP contribution in [0.3, 0.4) is 0 Å². The normalized spacial score (nSPS) is 18.5. The summed E-state index contributed by atoms with van der Waals surface area (Å²) >= 11 is 0. The van der Waals surface area contributed by atoms with Crippen LogP contribution in [0.25, 0.3) is 0 Å². The van der Waals surface area contributed by atoms with Crippen molar-refractivity contribution in [2.75, 3.05) is 19.8 Å². The van der Waals surface area contributed by atoms with Gasteiger partial charge in [-0.25, -0.2) is 0 Å². The van der Waals surface area contributed by atoms with Crippen LogP contribution in [0.15, 0.2) is 42.7 Å². The summed E-state index contributed by atoms with van der Waals surface area (Å²) in [5.74, 6) is 1.40. The minimum Gasteiger partial charge on any atom is -0.460 e. The molecule has 0 saturated carbocycles. The van der Waals surface area contributed by atoms with Gasteiger partial charge in [0.1, 0.15) is 24.2 Å². The predicted octanol–water partition coefficient (Wildman–Crippen LogP) is 1.99. The lowest BCUT2D eigenvalue weighted by Crippen LogP contribution is -2.07. The summed E-state index contributed by atoms with van der Waals surface area (Å²) in [6.07, 6.45) is 0.287. The number of ether oxygens (including phenoxy) is 3. The molecule has 0 amide bonds. The first kappa shape index (κ1) is 10.2. The van der Waals surface area contributed by atoms with Crippen LogP contribution in [0.2, 0.25) is 0 Å². The van der Waals surface area contributed by atoms with E-state index in [1.807, 2.05) is 30.3 Å². The largest absolute Gasteiger partial charge is 0.460 e. The quantitative estimate of drug-likeness (QED) is 0.527. The van der Waals surface area contributed by atoms with E-state index < -0.39 is 0 Å². The number of epoxide rings is 1. The molecule has 15 heavy (non-hydrogen) atoms. The van der Waals surface area contributed by atoms with Gasteiger partial charge in [0.05, 0.1) is 13.2 Å². The Morgan fingerprint density at radius 2 is 2.13 bits per heavy atom. The Balaban J connectivity index is 1.67. The molecule has 0 bridgehead atoms. The topological polar surface area (TPSA) is 31.0 Å². The van der Waals surface area contributed by atoms with Crippen molar-refractivity contribution in [1.29, 1.82) is 0 Å². The van der Waals surface area contributed by atoms with Crippen LogP contribution < -0.4 is 4.74 Å². The molecule has 2 rings (SSSR count). The van der Waals surface area contributed by atoms with Crippen molar-refractivity contribution in [2.24, 2.45) is 0 Å². The van der Waals surface area contributed by atoms with Gasteiger partial charge in [-0.05, 0) is 12.1 Å². The fraction of sp³-hybridized carbons (Fsp3) is 0.333. The lowest BCUT2D eigenvalue weighted by molar-refractivity contribution is 0.116. The second kappa shape index (κ2) is 4.96. The molecule has 80 valence electrons. The molecule has 0 spiro atoms. The number of hydrogen-bond acceptors (Lipinski definition) is 3. The van der Waals surface area contributed by atoms with Crippen LogP contribution in [0.1, 0.15) is 0 Å². The van der Waals surface area contributed by atoms with E-state index in [1.54, 1.807) is 0 Å². The van der Waals surface area contributed by atoms with Gasteiger partial charge in [0.2, 0.25) is 0 Å². The van der Waals surface area contributed by atoms with E-state index in [-0.39, 0.29) is 6.10 Å². The molecule has 1 aliphatic rings. The van der Waals surface area contributed by atoms with Crippen molar-refractivity contribution in [3.8, 4) is 5.75 Å². The molecule has 1 aromatic carbocycles. The van der Waals surface area contributed by atoms with Crippen molar-refractivity contribution in [1.82, 2.24) is 0 Å². The number of benzene rings is 1. The van der Waals surface area contributed by atoms with Crippen molar-refractivity contribution in [3.05, 3.63) is 42.7 Å². The van der Waals surface area contributed by atoms with E-state index in [0.29, 0.717) is 19.0 Å².